The maximum absolute atomic E-state index is 6.60. The highest BCUT2D eigenvalue weighted by Gasteiger charge is 2.20. The lowest BCUT2D eigenvalue weighted by Gasteiger charge is -2.09. The van der Waals surface area contributed by atoms with Crippen LogP contribution in [0.5, 0.6) is 5.75 Å². The number of aliphatic imine (C=N–C) groups is 1. The average Bonchev–Trinajstić information content (AvgIpc) is 3.49. The first-order valence-corrected chi connectivity index (χ1v) is 12.2. The van der Waals surface area contributed by atoms with Gasteiger partial charge < -0.3 is 9.72 Å². The Morgan fingerprint density at radius 1 is 0.784 bits per heavy atom. The van der Waals surface area contributed by atoms with Crippen LogP contribution in [0.25, 0.3) is 5.57 Å². The Balaban J connectivity index is 1.60. The third kappa shape index (κ3) is 5.71. The number of hydrogen-bond acceptors (Lipinski definition) is 2. The molecule has 3 nitrogen and oxygen atoms in total. The summed E-state index contributed by atoms with van der Waals surface area (Å²) in [7, 11) is 1.64. The molecular weight excluding hydrogens is 499 g/mol. The minimum atomic E-state index is 0.478. The van der Waals surface area contributed by atoms with E-state index in [9.17, 15) is 0 Å². The summed E-state index contributed by atoms with van der Waals surface area (Å²) in [5.74, 6) is 13.3. The van der Waals surface area contributed by atoms with Gasteiger partial charge in [-0.05, 0) is 65.9 Å². The molecule has 37 heavy (non-hydrogen) atoms. The molecule has 0 radical (unpaired) electrons. The quantitative estimate of drug-likeness (QED) is 0.280. The average molecular weight is 519 g/mol. The summed E-state index contributed by atoms with van der Waals surface area (Å²) in [6.07, 6.45) is 1.82. The number of hydrogen-bond donors (Lipinski definition) is 1. The van der Waals surface area contributed by atoms with Gasteiger partial charge in [0.1, 0.15) is 17.2 Å². The van der Waals surface area contributed by atoms with Gasteiger partial charge in [0.2, 0.25) is 0 Å². The third-order valence-electron chi connectivity index (χ3n) is 5.60. The van der Waals surface area contributed by atoms with E-state index in [0.717, 1.165) is 33.7 Å². The van der Waals surface area contributed by atoms with Crippen LogP contribution in [0.15, 0.2) is 113 Å². The zero-order valence-corrected chi connectivity index (χ0v) is 21.4. The van der Waals surface area contributed by atoms with Crippen LogP contribution in [0, 0.1) is 23.7 Å². The Morgan fingerprint density at radius 3 is 2.03 bits per heavy atom. The molecule has 0 amide bonds. The highest BCUT2D eigenvalue weighted by Crippen LogP contribution is 2.34. The fourth-order valence-electron chi connectivity index (χ4n) is 3.77. The molecule has 1 aromatic heterocycles. The fraction of sp³-hybridized carbons (Fsp3) is 0.0312. The van der Waals surface area contributed by atoms with Gasteiger partial charge >= 0.3 is 0 Å². The molecule has 0 spiro atoms. The molecule has 5 rings (SSSR count). The number of ether oxygens (including phenoxy) is 1. The summed E-state index contributed by atoms with van der Waals surface area (Å²) in [5, 5.41) is 0.998. The number of nitrogens with zero attached hydrogens (tertiary/aromatic N) is 1. The minimum absolute atomic E-state index is 0.478. The van der Waals surface area contributed by atoms with E-state index in [-0.39, 0.29) is 0 Å². The molecule has 1 aliphatic rings. The molecule has 0 saturated carbocycles. The first-order chi connectivity index (χ1) is 18.1. The van der Waals surface area contributed by atoms with Crippen molar-refractivity contribution in [1.29, 1.82) is 0 Å². The van der Waals surface area contributed by atoms with E-state index in [1.807, 2.05) is 97.1 Å². The van der Waals surface area contributed by atoms with E-state index in [2.05, 4.69) is 28.7 Å². The van der Waals surface area contributed by atoms with Crippen molar-refractivity contribution in [3.63, 3.8) is 0 Å². The molecule has 4 aromatic rings. The van der Waals surface area contributed by atoms with Crippen molar-refractivity contribution in [2.45, 2.75) is 0 Å². The van der Waals surface area contributed by atoms with Gasteiger partial charge in [0.25, 0.3) is 0 Å². The van der Waals surface area contributed by atoms with Gasteiger partial charge in [-0.3, -0.25) is 0 Å². The number of halogens is 2. The van der Waals surface area contributed by atoms with Crippen molar-refractivity contribution in [2.75, 3.05) is 7.11 Å². The topological polar surface area (TPSA) is 37.4 Å². The number of aromatic amines is 1. The number of rotatable bonds is 3. The van der Waals surface area contributed by atoms with Crippen LogP contribution in [0.4, 0.5) is 0 Å². The second-order valence-electron chi connectivity index (χ2n) is 8.08. The Hall–Kier alpha value is -4.41. The zero-order chi connectivity index (χ0) is 25.6. The van der Waals surface area contributed by atoms with Crippen molar-refractivity contribution in [3.8, 4) is 29.4 Å². The lowest BCUT2D eigenvalue weighted by molar-refractivity contribution is 0.415. The third-order valence-corrected chi connectivity index (χ3v) is 6.19. The number of methoxy groups -OCH3 is 1. The predicted octanol–water partition coefficient (Wildman–Crippen LogP) is 7.46. The Morgan fingerprint density at radius 2 is 1.41 bits per heavy atom. The van der Waals surface area contributed by atoms with Crippen LogP contribution >= 0.6 is 23.2 Å². The highest BCUT2D eigenvalue weighted by molar-refractivity contribution is 6.47. The molecule has 2 heterocycles. The monoisotopic (exact) mass is 518 g/mol. The normalized spacial score (nSPS) is 13.5. The maximum Gasteiger partial charge on any atom is 0.132 e. The first-order valence-electron chi connectivity index (χ1n) is 11.5. The van der Waals surface area contributed by atoms with Crippen LogP contribution in [0.1, 0.15) is 28.1 Å². The van der Waals surface area contributed by atoms with Crippen LogP contribution in [-0.4, -0.2) is 17.8 Å². The Labute approximate surface area is 226 Å². The number of aromatic nitrogens is 1. The maximum atomic E-state index is 6.60. The van der Waals surface area contributed by atoms with E-state index in [1.54, 1.807) is 7.11 Å². The van der Waals surface area contributed by atoms with Crippen LogP contribution < -0.4 is 4.74 Å². The zero-order valence-electron chi connectivity index (χ0n) is 19.8. The molecule has 0 unspecified atom stereocenters. The lowest BCUT2D eigenvalue weighted by Crippen LogP contribution is -1.93. The van der Waals surface area contributed by atoms with E-state index in [0.29, 0.717) is 27.2 Å². The van der Waals surface area contributed by atoms with Gasteiger partial charge in [-0.25, -0.2) is 4.99 Å². The summed E-state index contributed by atoms with van der Waals surface area (Å²) in [6, 6.07) is 29.1. The first kappa shape index (κ1) is 24.3. The van der Waals surface area contributed by atoms with Gasteiger partial charge in [-0.2, -0.15) is 0 Å². The second kappa shape index (κ2) is 11.1. The molecule has 0 aliphatic carbocycles. The molecule has 0 saturated heterocycles. The van der Waals surface area contributed by atoms with E-state index >= 15 is 0 Å². The van der Waals surface area contributed by atoms with Crippen LogP contribution in [0.2, 0.25) is 5.02 Å². The van der Waals surface area contributed by atoms with E-state index < -0.39 is 0 Å². The fourth-order valence-corrected chi connectivity index (χ4v) is 4.17. The predicted molar refractivity (Wildman–Crippen MR) is 152 cm³/mol. The molecule has 0 bridgehead atoms. The van der Waals surface area contributed by atoms with Gasteiger partial charge in [-0.15, -0.1) is 0 Å². The van der Waals surface area contributed by atoms with Gasteiger partial charge in [0, 0.05) is 16.7 Å². The van der Waals surface area contributed by atoms with Crippen molar-refractivity contribution < 1.29 is 4.74 Å². The number of allylic oxidation sites excluding steroid dienone is 2. The van der Waals surface area contributed by atoms with Gasteiger partial charge in [0.15, 0.2) is 0 Å². The van der Waals surface area contributed by atoms with Crippen LogP contribution in [-0.2, 0) is 0 Å². The number of H-pyrrole nitrogens is 1. The Kier molecular flexibility index (Phi) is 7.29. The van der Waals surface area contributed by atoms with Gasteiger partial charge in [0.05, 0.1) is 28.6 Å². The minimum Gasteiger partial charge on any atom is -0.497 e. The van der Waals surface area contributed by atoms with E-state index in [1.165, 1.54) is 0 Å². The smallest absolute Gasteiger partial charge is 0.132 e. The summed E-state index contributed by atoms with van der Waals surface area (Å²) in [4.78, 5) is 8.15. The molecular formula is C32H20Cl2N2O. The largest absolute Gasteiger partial charge is 0.497 e. The molecule has 178 valence electrons. The molecule has 3 aromatic carbocycles. The van der Waals surface area contributed by atoms with Crippen molar-refractivity contribution in [2.24, 2.45) is 4.99 Å². The summed E-state index contributed by atoms with van der Waals surface area (Å²) < 4.78 is 5.34. The molecule has 0 fully saturated rings. The van der Waals surface area contributed by atoms with Crippen molar-refractivity contribution >= 4 is 34.5 Å². The van der Waals surface area contributed by atoms with Gasteiger partial charge in [-0.1, -0.05) is 83.6 Å². The van der Waals surface area contributed by atoms with Crippen molar-refractivity contribution in [1.82, 2.24) is 4.98 Å². The molecule has 1 N–H and O–H groups in total. The number of benzene rings is 3. The molecule has 5 heteroatoms. The highest BCUT2D eigenvalue weighted by atomic mass is 35.5. The SMILES string of the molecule is COc1ccc(/C(=C2\C=C(Cl)C(C#Cc3ccccc3)=N2)c2cc(Cl)c(C#Cc3ccccc3)[nH]2)cc1. The number of nitrogens with one attached hydrogen (secondary N) is 1. The summed E-state index contributed by atoms with van der Waals surface area (Å²) in [5.41, 5.74) is 6.10. The second-order valence-corrected chi connectivity index (χ2v) is 8.89. The van der Waals surface area contributed by atoms with Crippen LogP contribution in [0.3, 0.4) is 0 Å². The molecule has 1 aliphatic heterocycles. The van der Waals surface area contributed by atoms with Crippen molar-refractivity contribution in [3.05, 3.63) is 141 Å². The molecule has 0 atom stereocenters. The van der Waals surface area contributed by atoms with E-state index in [4.69, 9.17) is 32.9 Å². The summed E-state index contributed by atoms with van der Waals surface area (Å²) >= 11 is 13.2. The summed E-state index contributed by atoms with van der Waals surface area (Å²) in [6.45, 7) is 0. The lowest BCUT2D eigenvalue weighted by atomic mass is 10.0. The Bertz CT molecular complexity index is 1660. The standard InChI is InChI=1S/C32H20Cl2N2O/c1-37-25-16-14-24(15-17-25)32(30-20-26(33)28(35-30)18-12-22-8-4-2-5-9-22)31-21-27(34)29(36-31)19-13-23-10-6-3-7-11-23/h2-11,14-17,20-21,35H,1H3/b32-31-.